The van der Waals surface area contributed by atoms with E-state index in [0.29, 0.717) is 5.56 Å². The second-order valence-corrected chi connectivity index (χ2v) is 8.38. The standard InChI is InChI=1S/C21H24N2O3/c1-13(2)21-11-9-20(3,10-12-21)15-16(21)19(26)23(18(15)25)22-17(24)14-7-5-4-6-8-14/h4-9,11,13,15-16H,10,12H2,1-3H3,(H,22,24). The van der Waals surface area contributed by atoms with Gasteiger partial charge in [0.05, 0.1) is 11.8 Å². The van der Waals surface area contributed by atoms with Gasteiger partial charge in [-0.2, -0.15) is 5.01 Å². The summed E-state index contributed by atoms with van der Waals surface area (Å²) in [6, 6.07) is 8.64. The zero-order valence-corrected chi connectivity index (χ0v) is 15.4. The normalized spacial score (nSPS) is 35.2. The molecule has 1 aliphatic heterocycles. The van der Waals surface area contributed by atoms with Gasteiger partial charge in [0.2, 0.25) is 0 Å². The topological polar surface area (TPSA) is 66.5 Å². The number of fused-ring (bicyclic) bond motifs is 1. The number of amides is 3. The Bertz CT molecular complexity index is 816. The van der Waals surface area contributed by atoms with Crippen LogP contribution in [0, 0.1) is 28.6 Å². The van der Waals surface area contributed by atoms with E-state index in [0.717, 1.165) is 17.9 Å². The Morgan fingerprint density at radius 2 is 1.73 bits per heavy atom. The van der Waals surface area contributed by atoms with Crippen molar-refractivity contribution >= 4 is 17.7 Å². The molecular formula is C21H24N2O3. The van der Waals surface area contributed by atoms with E-state index in [4.69, 9.17) is 0 Å². The predicted octanol–water partition coefficient (Wildman–Crippen LogP) is 2.94. The Balaban J connectivity index is 1.69. The number of allylic oxidation sites excluding steroid dienone is 2. The first-order valence-corrected chi connectivity index (χ1v) is 9.24. The van der Waals surface area contributed by atoms with E-state index in [-0.39, 0.29) is 28.6 Å². The Kier molecular flexibility index (Phi) is 3.62. The molecule has 0 spiro atoms. The summed E-state index contributed by atoms with van der Waals surface area (Å²) in [5.41, 5.74) is 2.36. The van der Waals surface area contributed by atoms with Gasteiger partial charge >= 0.3 is 0 Å². The minimum atomic E-state index is -0.435. The SMILES string of the molecule is CC(C)C12C=CC(C)(CC1)C1C(=O)N(NC(=O)c3ccccc3)C(=O)C12. The van der Waals surface area contributed by atoms with Gasteiger partial charge in [0.15, 0.2) is 0 Å². The molecule has 3 aliphatic carbocycles. The van der Waals surface area contributed by atoms with E-state index in [2.05, 4.69) is 38.3 Å². The summed E-state index contributed by atoms with van der Waals surface area (Å²) in [7, 11) is 0. The van der Waals surface area contributed by atoms with Crippen molar-refractivity contribution in [3.63, 3.8) is 0 Å². The van der Waals surface area contributed by atoms with Crippen LogP contribution in [-0.4, -0.2) is 22.7 Å². The molecule has 26 heavy (non-hydrogen) atoms. The zero-order chi connectivity index (χ0) is 18.7. The average Bonchev–Trinajstić information content (AvgIpc) is 2.90. The van der Waals surface area contributed by atoms with E-state index in [9.17, 15) is 14.4 Å². The molecule has 1 heterocycles. The van der Waals surface area contributed by atoms with Gasteiger partial charge in [0.25, 0.3) is 17.7 Å². The first kappa shape index (κ1) is 17.0. The highest BCUT2D eigenvalue weighted by Crippen LogP contribution is 2.63. The molecule has 0 aromatic heterocycles. The van der Waals surface area contributed by atoms with E-state index in [1.807, 2.05) is 6.07 Å². The number of hydrogen-bond acceptors (Lipinski definition) is 3. The van der Waals surface area contributed by atoms with Crippen molar-refractivity contribution in [2.24, 2.45) is 28.6 Å². The van der Waals surface area contributed by atoms with Crippen LogP contribution in [0.4, 0.5) is 0 Å². The fraction of sp³-hybridized carbons (Fsp3) is 0.476. The van der Waals surface area contributed by atoms with Crippen LogP contribution in [0.1, 0.15) is 44.0 Å². The lowest BCUT2D eigenvalue weighted by Crippen LogP contribution is -2.53. The van der Waals surface area contributed by atoms with Crippen molar-refractivity contribution in [3.05, 3.63) is 48.0 Å². The molecule has 136 valence electrons. The fourth-order valence-electron chi connectivity index (χ4n) is 5.10. The van der Waals surface area contributed by atoms with Gasteiger partial charge in [-0.1, -0.05) is 51.1 Å². The lowest BCUT2D eigenvalue weighted by atomic mass is 9.46. The molecule has 1 aromatic carbocycles. The summed E-state index contributed by atoms with van der Waals surface area (Å²) in [6.07, 6.45) is 6.09. The Morgan fingerprint density at radius 1 is 1.08 bits per heavy atom. The molecule has 4 aliphatic rings. The Morgan fingerprint density at radius 3 is 2.31 bits per heavy atom. The Hall–Kier alpha value is -2.43. The van der Waals surface area contributed by atoms with Gasteiger partial charge in [-0.05, 0) is 36.3 Å². The summed E-state index contributed by atoms with van der Waals surface area (Å²) < 4.78 is 0. The molecule has 4 unspecified atom stereocenters. The largest absolute Gasteiger partial charge is 0.272 e. The molecule has 1 saturated heterocycles. The van der Waals surface area contributed by atoms with E-state index in [1.54, 1.807) is 24.3 Å². The minimum absolute atomic E-state index is 0.248. The first-order chi connectivity index (χ1) is 12.3. The van der Waals surface area contributed by atoms with Crippen molar-refractivity contribution in [1.82, 2.24) is 10.4 Å². The maximum atomic E-state index is 13.2. The van der Waals surface area contributed by atoms with Crippen molar-refractivity contribution in [1.29, 1.82) is 0 Å². The number of benzene rings is 1. The number of carbonyl (C=O) groups excluding carboxylic acids is 3. The lowest BCUT2D eigenvalue weighted by molar-refractivity contribution is -0.143. The van der Waals surface area contributed by atoms with Gasteiger partial charge in [-0.15, -0.1) is 0 Å². The molecule has 1 aromatic rings. The summed E-state index contributed by atoms with van der Waals surface area (Å²) >= 11 is 0. The molecule has 5 nitrogen and oxygen atoms in total. The van der Waals surface area contributed by atoms with Gasteiger partial charge in [-0.25, -0.2) is 0 Å². The quantitative estimate of drug-likeness (QED) is 0.672. The van der Waals surface area contributed by atoms with Gasteiger partial charge in [0, 0.05) is 11.0 Å². The van der Waals surface area contributed by atoms with Crippen molar-refractivity contribution in [2.75, 3.05) is 0 Å². The highest BCUT2D eigenvalue weighted by molar-refractivity contribution is 6.09. The monoisotopic (exact) mass is 352 g/mol. The van der Waals surface area contributed by atoms with Gasteiger partial charge in [0.1, 0.15) is 0 Å². The van der Waals surface area contributed by atoms with E-state index < -0.39 is 17.7 Å². The number of nitrogens with zero attached hydrogens (tertiary/aromatic N) is 1. The van der Waals surface area contributed by atoms with Crippen LogP contribution >= 0.6 is 0 Å². The first-order valence-electron chi connectivity index (χ1n) is 9.24. The van der Waals surface area contributed by atoms with Crippen LogP contribution in [0.25, 0.3) is 0 Å². The second-order valence-electron chi connectivity index (χ2n) is 8.38. The third kappa shape index (κ3) is 2.12. The van der Waals surface area contributed by atoms with Crippen LogP contribution in [-0.2, 0) is 9.59 Å². The number of hydrazine groups is 1. The number of hydrogen-bond donors (Lipinski definition) is 1. The van der Waals surface area contributed by atoms with Crippen LogP contribution in [0.15, 0.2) is 42.5 Å². The van der Waals surface area contributed by atoms with Crippen molar-refractivity contribution in [3.8, 4) is 0 Å². The molecule has 1 saturated carbocycles. The molecule has 5 rings (SSSR count). The van der Waals surface area contributed by atoms with Gasteiger partial charge < -0.3 is 0 Å². The van der Waals surface area contributed by atoms with Crippen LogP contribution in [0.5, 0.6) is 0 Å². The summed E-state index contributed by atoms with van der Waals surface area (Å²) in [4.78, 5) is 38.8. The molecule has 2 bridgehead atoms. The predicted molar refractivity (Wildman–Crippen MR) is 96.5 cm³/mol. The molecule has 1 N–H and O–H groups in total. The average molecular weight is 352 g/mol. The molecule has 5 heteroatoms. The van der Waals surface area contributed by atoms with E-state index in [1.165, 1.54) is 0 Å². The summed E-state index contributed by atoms with van der Waals surface area (Å²) in [5, 5.41) is 0.984. The minimum Gasteiger partial charge on any atom is -0.272 e. The highest BCUT2D eigenvalue weighted by atomic mass is 16.2. The number of nitrogens with one attached hydrogen (secondary N) is 1. The lowest BCUT2D eigenvalue weighted by Gasteiger charge is -2.55. The van der Waals surface area contributed by atoms with Crippen molar-refractivity contribution < 1.29 is 14.4 Å². The molecule has 4 atom stereocenters. The maximum Gasteiger partial charge on any atom is 0.270 e. The molecular weight excluding hydrogens is 328 g/mol. The molecule has 3 amide bonds. The third-order valence-corrected chi connectivity index (χ3v) is 6.79. The number of imide groups is 1. The summed E-state index contributed by atoms with van der Waals surface area (Å²) in [6.45, 7) is 6.27. The highest BCUT2D eigenvalue weighted by Gasteiger charge is 2.67. The number of rotatable bonds is 3. The van der Waals surface area contributed by atoms with Crippen molar-refractivity contribution in [2.45, 2.75) is 33.6 Å². The summed E-state index contributed by atoms with van der Waals surface area (Å²) in [5.74, 6) is -1.52. The van der Waals surface area contributed by atoms with Crippen LogP contribution < -0.4 is 5.43 Å². The number of carbonyl (C=O) groups is 3. The fourth-order valence-corrected chi connectivity index (χ4v) is 5.10. The van der Waals surface area contributed by atoms with E-state index >= 15 is 0 Å². The van der Waals surface area contributed by atoms with Gasteiger partial charge in [-0.3, -0.25) is 19.8 Å². The Labute approximate surface area is 153 Å². The molecule has 2 fully saturated rings. The zero-order valence-electron chi connectivity index (χ0n) is 15.4. The molecule has 0 radical (unpaired) electrons. The second kappa shape index (κ2) is 5.53. The third-order valence-electron chi connectivity index (χ3n) is 6.79. The maximum absolute atomic E-state index is 13.2. The smallest absolute Gasteiger partial charge is 0.270 e. The van der Waals surface area contributed by atoms with Crippen LogP contribution in [0.2, 0.25) is 0 Å². The van der Waals surface area contributed by atoms with Crippen LogP contribution in [0.3, 0.4) is 0 Å².